The molecule has 0 saturated heterocycles. The zero-order valence-electron chi connectivity index (χ0n) is 12.7. The molecule has 4 nitrogen and oxygen atoms in total. The number of carbonyl (C=O) groups is 2. The molecule has 0 aliphatic carbocycles. The van der Waals surface area contributed by atoms with Crippen molar-refractivity contribution < 1.29 is 14.7 Å². The summed E-state index contributed by atoms with van der Waals surface area (Å²) < 4.78 is 0. The summed E-state index contributed by atoms with van der Waals surface area (Å²) in [6.45, 7) is 2.77. The molecular weight excluding hydrogens is 266 g/mol. The van der Waals surface area contributed by atoms with E-state index in [2.05, 4.69) is 12.2 Å². The summed E-state index contributed by atoms with van der Waals surface area (Å²) in [5.41, 5.74) is 1.32. The number of carboxylic acid groups (broad SMARTS) is 1. The van der Waals surface area contributed by atoms with Gasteiger partial charge >= 0.3 is 5.97 Å². The summed E-state index contributed by atoms with van der Waals surface area (Å²) in [6, 6.07) is 6.77. The van der Waals surface area contributed by atoms with Gasteiger partial charge in [-0.25, -0.2) is 4.79 Å². The number of amides is 1. The third-order valence-electron chi connectivity index (χ3n) is 3.44. The first-order valence-electron chi connectivity index (χ1n) is 7.72. The molecule has 0 radical (unpaired) electrons. The maximum atomic E-state index is 11.6. The highest BCUT2D eigenvalue weighted by atomic mass is 16.4. The molecule has 1 rings (SSSR count). The second-order valence-electron chi connectivity index (χ2n) is 5.27. The molecule has 116 valence electrons. The van der Waals surface area contributed by atoms with Gasteiger partial charge in [0.2, 0.25) is 5.91 Å². The lowest BCUT2D eigenvalue weighted by molar-refractivity contribution is -0.121. The van der Waals surface area contributed by atoms with E-state index in [9.17, 15) is 9.59 Å². The van der Waals surface area contributed by atoms with E-state index < -0.39 is 5.97 Å². The number of hydrogen-bond donors (Lipinski definition) is 2. The summed E-state index contributed by atoms with van der Waals surface area (Å²) in [5, 5.41) is 11.7. The van der Waals surface area contributed by atoms with Crippen LogP contribution in [0.15, 0.2) is 24.3 Å². The Labute approximate surface area is 126 Å². The molecule has 21 heavy (non-hydrogen) atoms. The van der Waals surface area contributed by atoms with Gasteiger partial charge in [0.15, 0.2) is 0 Å². The Kier molecular flexibility index (Phi) is 8.17. The van der Waals surface area contributed by atoms with E-state index in [1.54, 1.807) is 24.3 Å². The van der Waals surface area contributed by atoms with Crippen molar-refractivity contribution in [3.63, 3.8) is 0 Å². The maximum Gasteiger partial charge on any atom is 0.335 e. The lowest BCUT2D eigenvalue weighted by atomic mass is 10.1. The highest BCUT2D eigenvalue weighted by Crippen LogP contribution is 2.06. The molecule has 0 fully saturated rings. The lowest BCUT2D eigenvalue weighted by Gasteiger charge is -2.06. The van der Waals surface area contributed by atoms with E-state index >= 15 is 0 Å². The summed E-state index contributed by atoms with van der Waals surface area (Å²) in [4.78, 5) is 22.3. The second-order valence-corrected chi connectivity index (χ2v) is 5.27. The van der Waals surface area contributed by atoms with Crippen molar-refractivity contribution in [3.8, 4) is 0 Å². The largest absolute Gasteiger partial charge is 0.478 e. The Balaban J connectivity index is 2.15. The fourth-order valence-corrected chi connectivity index (χ4v) is 2.14. The Hall–Kier alpha value is -1.84. The van der Waals surface area contributed by atoms with Crippen molar-refractivity contribution in [1.82, 2.24) is 5.32 Å². The average Bonchev–Trinajstić information content (AvgIpc) is 2.47. The zero-order chi connectivity index (χ0) is 15.5. The minimum atomic E-state index is -0.919. The minimum Gasteiger partial charge on any atom is -0.478 e. The van der Waals surface area contributed by atoms with Crippen molar-refractivity contribution in [2.45, 2.75) is 51.9 Å². The normalized spacial score (nSPS) is 10.3. The minimum absolute atomic E-state index is 0.105. The standard InChI is InChI=1S/C17H25NO3/c1-2-3-4-5-6-7-16(19)18-13-12-14-8-10-15(11-9-14)17(20)21/h8-11H,2-7,12-13H2,1H3,(H,18,19)(H,20,21). The van der Waals surface area contributed by atoms with Crippen LogP contribution in [0, 0.1) is 0 Å². The van der Waals surface area contributed by atoms with Crippen LogP contribution in [0.1, 0.15) is 61.4 Å². The first-order valence-corrected chi connectivity index (χ1v) is 7.72. The lowest BCUT2D eigenvalue weighted by Crippen LogP contribution is -2.25. The van der Waals surface area contributed by atoms with Gasteiger partial charge in [-0.1, -0.05) is 44.7 Å². The van der Waals surface area contributed by atoms with Crippen LogP contribution in [-0.4, -0.2) is 23.5 Å². The molecule has 0 bridgehead atoms. The van der Waals surface area contributed by atoms with Crippen LogP contribution in [-0.2, 0) is 11.2 Å². The van der Waals surface area contributed by atoms with Crippen molar-refractivity contribution in [3.05, 3.63) is 35.4 Å². The van der Waals surface area contributed by atoms with Gasteiger partial charge in [0, 0.05) is 13.0 Å². The van der Waals surface area contributed by atoms with Gasteiger partial charge in [-0.05, 0) is 30.5 Å². The van der Waals surface area contributed by atoms with Crippen LogP contribution in [0.4, 0.5) is 0 Å². The van der Waals surface area contributed by atoms with Crippen LogP contribution in [0.5, 0.6) is 0 Å². The summed E-state index contributed by atoms with van der Waals surface area (Å²) in [6.07, 6.45) is 7.07. The number of aromatic carboxylic acids is 1. The quantitative estimate of drug-likeness (QED) is 0.649. The van der Waals surface area contributed by atoms with Crippen molar-refractivity contribution in [2.24, 2.45) is 0 Å². The van der Waals surface area contributed by atoms with Gasteiger partial charge in [-0.2, -0.15) is 0 Å². The second kappa shape index (κ2) is 9.97. The first kappa shape index (κ1) is 17.2. The van der Waals surface area contributed by atoms with Gasteiger partial charge < -0.3 is 10.4 Å². The molecule has 1 aromatic rings. The summed E-state index contributed by atoms with van der Waals surface area (Å²) in [7, 11) is 0. The molecule has 1 aromatic carbocycles. The first-order chi connectivity index (χ1) is 10.1. The van der Waals surface area contributed by atoms with Gasteiger partial charge in [-0.3, -0.25) is 4.79 Å². The Morgan fingerprint density at radius 2 is 1.71 bits per heavy atom. The molecule has 4 heteroatoms. The summed E-state index contributed by atoms with van der Waals surface area (Å²) in [5.74, 6) is -0.813. The Morgan fingerprint density at radius 3 is 2.33 bits per heavy atom. The van der Waals surface area contributed by atoms with Crippen molar-refractivity contribution >= 4 is 11.9 Å². The Morgan fingerprint density at radius 1 is 1.05 bits per heavy atom. The molecule has 0 atom stereocenters. The maximum absolute atomic E-state index is 11.6. The third kappa shape index (κ3) is 7.49. The predicted octanol–water partition coefficient (Wildman–Crippen LogP) is 3.40. The number of nitrogens with one attached hydrogen (secondary N) is 1. The number of rotatable bonds is 10. The number of carboxylic acids is 1. The molecular formula is C17H25NO3. The monoisotopic (exact) mass is 291 g/mol. The van der Waals surface area contributed by atoms with E-state index in [0.717, 1.165) is 24.8 Å². The average molecular weight is 291 g/mol. The smallest absolute Gasteiger partial charge is 0.335 e. The molecule has 2 N–H and O–H groups in total. The number of hydrogen-bond acceptors (Lipinski definition) is 2. The van der Waals surface area contributed by atoms with E-state index in [1.165, 1.54) is 19.3 Å². The van der Waals surface area contributed by atoms with E-state index in [4.69, 9.17) is 5.11 Å². The van der Waals surface area contributed by atoms with Gasteiger partial charge in [0.25, 0.3) is 0 Å². The van der Waals surface area contributed by atoms with Gasteiger partial charge in [-0.15, -0.1) is 0 Å². The number of unbranched alkanes of at least 4 members (excludes halogenated alkanes) is 4. The SMILES string of the molecule is CCCCCCCC(=O)NCCc1ccc(C(=O)O)cc1. The predicted molar refractivity (Wildman–Crippen MR) is 83.5 cm³/mol. The molecule has 0 saturated carbocycles. The van der Waals surface area contributed by atoms with Crippen LogP contribution < -0.4 is 5.32 Å². The van der Waals surface area contributed by atoms with Gasteiger partial charge in [0.05, 0.1) is 5.56 Å². The van der Waals surface area contributed by atoms with E-state index in [0.29, 0.717) is 13.0 Å². The van der Waals surface area contributed by atoms with E-state index in [-0.39, 0.29) is 11.5 Å². The topological polar surface area (TPSA) is 66.4 Å². The van der Waals surface area contributed by atoms with Gasteiger partial charge in [0.1, 0.15) is 0 Å². The van der Waals surface area contributed by atoms with Crippen LogP contribution >= 0.6 is 0 Å². The molecule has 0 aromatic heterocycles. The van der Waals surface area contributed by atoms with Crippen LogP contribution in [0.2, 0.25) is 0 Å². The fraction of sp³-hybridized carbons (Fsp3) is 0.529. The molecule has 0 aliphatic rings. The van der Waals surface area contributed by atoms with Crippen LogP contribution in [0.3, 0.4) is 0 Å². The number of benzene rings is 1. The molecule has 0 heterocycles. The molecule has 0 unspecified atom stereocenters. The van der Waals surface area contributed by atoms with Crippen molar-refractivity contribution in [1.29, 1.82) is 0 Å². The molecule has 1 amide bonds. The molecule has 0 spiro atoms. The number of carbonyl (C=O) groups excluding carboxylic acids is 1. The third-order valence-corrected chi connectivity index (χ3v) is 3.44. The highest BCUT2D eigenvalue weighted by Gasteiger charge is 2.03. The molecule has 0 aliphatic heterocycles. The van der Waals surface area contributed by atoms with E-state index in [1.807, 2.05) is 0 Å². The highest BCUT2D eigenvalue weighted by molar-refractivity contribution is 5.87. The zero-order valence-corrected chi connectivity index (χ0v) is 12.7. The van der Waals surface area contributed by atoms with Crippen LogP contribution in [0.25, 0.3) is 0 Å². The Bertz CT molecular complexity index is 440. The fourth-order valence-electron chi connectivity index (χ4n) is 2.14. The summed E-state index contributed by atoms with van der Waals surface area (Å²) >= 11 is 0. The van der Waals surface area contributed by atoms with Crippen molar-refractivity contribution in [2.75, 3.05) is 6.54 Å².